The molecule has 0 aromatic carbocycles. The highest BCUT2D eigenvalue weighted by molar-refractivity contribution is 7.03. The molecule has 0 unspecified atom stereocenters. The van der Waals surface area contributed by atoms with Gasteiger partial charge in [0.15, 0.2) is 5.82 Å². The van der Waals surface area contributed by atoms with Crippen molar-refractivity contribution >= 4 is 11.5 Å². The number of nitrogens with two attached hydrogens (primary N) is 1. The highest BCUT2D eigenvalue weighted by Gasteiger charge is 2.23. The molecule has 1 aliphatic heterocycles. The number of hydrogen-bond donors (Lipinski definition) is 1. The standard InChI is InChI=1S/C6H10N4S/c7-5-1-10(2-5)3-6-8-4-11-9-6/h4-5H,1-3,7H2. The molecular weight excluding hydrogens is 160 g/mol. The lowest BCUT2D eigenvalue weighted by Gasteiger charge is -2.35. The average molecular weight is 170 g/mol. The van der Waals surface area contributed by atoms with Crippen molar-refractivity contribution in [2.45, 2.75) is 12.6 Å². The summed E-state index contributed by atoms with van der Waals surface area (Å²) in [6, 6.07) is 0.369. The Kier molecular flexibility index (Phi) is 1.85. The van der Waals surface area contributed by atoms with Gasteiger partial charge in [-0.15, -0.1) is 0 Å². The van der Waals surface area contributed by atoms with Crippen LogP contribution in [0.3, 0.4) is 0 Å². The molecule has 60 valence electrons. The minimum absolute atomic E-state index is 0.369. The summed E-state index contributed by atoms with van der Waals surface area (Å²) < 4.78 is 4.11. The molecule has 4 nitrogen and oxygen atoms in total. The van der Waals surface area contributed by atoms with Crippen molar-refractivity contribution in [2.24, 2.45) is 5.73 Å². The average Bonchev–Trinajstić information content (AvgIpc) is 2.36. The molecule has 0 amide bonds. The third kappa shape index (κ3) is 1.55. The fourth-order valence-corrected chi connectivity index (χ4v) is 1.64. The second-order valence-electron chi connectivity index (χ2n) is 2.80. The van der Waals surface area contributed by atoms with Gasteiger partial charge in [-0.2, -0.15) is 4.37 Å². The van der Waals surface area contributed by atoms with Gasteiger partial charge in [0.2, 0.25) is 0 Å². The smallest absolute Gasteiger partial charge is 0.156 e. The van der Waals surface area contributed by atoms with Crippen LogP contribution in [0.5, 0.6) is 0 Å². The maximum Gasteiger partial charge on any atom is 0.156 e. The summed E-state index contributed by atoms with van der Waals surface area (Å²) in [6.45, 7) is 2.83. The third-order valence-electron chi connectivity index (χ3n) is 1.76. The Labute approximate surface area is 69.2 Å². The van der Waals surface area contributed by atoms with Gasteiger partial charge in [0.1, 0.15) is 5.51 Å². The van der Waals surface area contributed by atoms with Crippen LogP contribution in [-0.2, 0) is 6.54 Å². The van der Waals surface area contributed by atoms with Crippen molar-refractivity contribution in [3.8, 4) is 0 Å². The minimum Gasteiger partial charge on any atom is -0.325 e. The van der Waals surface area contributed by atoms with E-state index in [1.54, 1.807) is 5.51 Å². The fourth-order valence-electron chi connectivity index (χ4n) is 1.20. The first-order valence-electron chi connectivity index (χ1n) is 3.58. The van der Waals surface area contributed by atoms with Gasteiger partial charge >= 0.3 is 0 Å². The van der Waals surface area contributed by atoms with E-state index in [9.17, 15) is 0 Å². The van der Waals surface area contributed by atoms with Gasteiger partial charge in [-0.1, -0.05) is 0 Å². The van der Waals surface area contributed by atoms with Crippen LogP contribution in [0.25, 0.3) is 0 Å². The number of aromatic nitrogens is 2. The molecule has 0 spiro atoms. The van der Waals surface area contributed by atoms with Gasteiger partial charge in [0.05, 0.1) is 6.54 Å². The molecule has 2 heterocycles. The lowest BCUT2D eigenvalue weighted by molar-refractivity contribution is 0.139. The number of rotatable bonds is 2. The Morgan fingerprint density at radius 1 is 1.73 bits per heavy atom. The summed E-state index contributed by atoms with van der Waals surface area (Å²) in [5.41, 5.74) is 7.38. The molecule has 0 atom stereocenters. The Morgan fingerprint density at radius 3 is 3.09 bits per heavy atom. The SMILES string of the molecule is NC1CN(Cc2ncsn2)C1. The molecule has 0 saturated carbocycles. The van der Waals surface area contributed by atoms with Crippen molar-refractivity contribution in [1.29, 1.82) is 0 Å². The van der Waals surface area contributed by atoms with Crippen molar-refractivity contribution in [3.05, 3.63) is 11.3 Å². The second kappa shape index (κ2) is 2.84. The molecule has 2 N–H and O–H groups in total. The molecule has 0 bridgehead atoms. The van der Waals surface area contributed by atoms with Crippen LogP contribution in [0.15, 0.2) is 5.51 Å². The minimum atomic E-state index is 0.369. The van der Waals surface area contributed by atoms with E-state index in [-0.39, 0.29) is 0 Å². The molecule has 1 aromatic rings. The van der Waals surface area contributed by atoms with Gasteiger partial charge in [-0.05, 0) is 11.5 Å². The summed E-state index contributed by atoms with van der Waals surface area (Å²) in [7, 11) is 0. The van der Waals surface area contributed by atoms with Crippen LogP contribution >= 0.6 is 11.5 Å². The van der Waals surface area contributed by atoms with E-state index in [1.165, 1.54) is 11.5 Å². The van der Waals surface area contributed by atoms with E-state index in [1.807, 2.05) is 0 Å². The first kappa shape index (κ1) is 7.15. The first-order chi connectivity index (χ1) is 5.34. The predicted molar refractivity (Wildman–Crippen MR) is 43.2 cm³/mol. The van der Waals surface area contributed by atoms with Gasteiger partial charge in [-0.25, -0.2) is 4.98 Å². The lowest BCUT2D eigenvalue weighted by Crippen LogP contribution is -2.55. The molecule has 0 radical (unpaired) electrons. The van der Waals surface area contributed by atoms with Crippen LogP contribution in [0.4, 0.5) is 0 Å². The Balaban J connectivity index is 1.84. The normalized spacial score (nSPS) is 20.1. The van der Waals surface area contributed by atoms with Crippen molar-refractivity contribution in [2.75, 3.05) is 13.1 Å². The maximum absolute atomic E-state index is 5.62. The molecule has 1 aliphatic rings. The molecule has 1 saturated heterocycles. The van der Waals surface area contributed by atoms with Crippen LogP contribution in [0.1, 0.15) is 5.82 Å². The van der Waals surface area contributed by atoms with Gasteiger partial charge in [0.25, 0.3) is 0 Å². The Morgan fingerprint density at radius 2 is 2.55 bits per heavy atom. The number of nitrogens with zero attached hydrogens (tertiary/aromatic N) is 3. The number of hydrogen-bond acceptors (Lipinski definition) is 5. The van der Waals surface area contributed by atoms with Gasteiger partial charge in [-0.3, -0.25) is 4.90 Å². The van der Waals surface area contributed by atoms with E-state index in [2.05, 4.69) is 14.3 Å². The van der Waals surface area contributed by atoms with E-state index in [0.29, 0.717) is 6.04 Å². The summed E-state index contributed by atoms with van der Waals surface area (Å²) in [5, 5.41) is 0. The third-order valence-corrected chi connectivity index (χ3v) is 2.27. The van der Waals surface area contributed by atoms with E-state index >= 15 is 0 Å². The maximum atomic E-state index is 5.62. The summed E-state index contributed by atoms with van der Waals surface area (Å²) in [6.07, 6.45) is 0. The van der Waals surface area contributed by atoms with E-state index in [0.717, 1.165) is 25.5 Å². The molecule has 5 heteroatoms. The molecule has 2 rings (SSSR count). The predicted octanol–water partition coefficient (Wildman–Crippen LogP) is -0.319. The molecule has 11 heavy (non-hydrogen) atoms. The molecule has 0 aliphatic carbocycles. The quantitative estimate of drug-likeness (QED) is 0.661. The van der Waals surface area contributed by atoms with Gasteiger partial charge < -0.3 is 5.73 Å². The van der Waals surface area contributed by atoms with Crippen molar-refractivity contribution in [3.63, 3.8) is 0 Å². The molecular formula is C6H10N4S. The molecule has 1 aromatic heterocycles. The number of likely N-dealkylation sites (tertiary alicyclic amines) is 1. The Hall–Kier alpha value is -0.520. The largest absolute Gasteiger partial charge is 0.325 e. The molecule has 1 fully saturated rings. The van der Waals surface area contributed by atoms with Gasteiger partial charge in [0, 0.05) is 19.1 Å². The fraction of sp³-hybridized carbons (Fsp3) is 0.667. The monoisotopic (exact) mass is 170 g/mol. The topological polar surface area (TPSA) is 55.0 Å². The zero-order chi connectivity index (χ0) is 7.68. The van der Waals surface area contributed by atoms with Crippen LogP contribution in [0, 0.1) is 0 Å². The lowest BCUT2D eigenvalue weighted by atomic mass is 10.1. The Bertz CT molecular complexity index is 216. The summed E-state index contributed by atoms with van der Waals surface area (Å²) in [5.74, 6) is 0.918. The highest BCUT2D eigenvalue weighted by atomic mass is 32.1. The summed E-state index contributed by atoms with van der Waals surface area (Å²) >= 11 is 1.40. The van der Waals surface area contributed by atoms with Crippen molar-refractivity contribution in [1.82, 2.24) is 14.3 Å². The van der Waals surface area contributed by atoms with Crippen molar-refractivity contribution < 1.29 is 0 Å². The zero-order valence-electron chi connectivity index (χ0n) is 6.10. The van der Waals surface area contributed by atoms with Crippen LogP contribution in [-0.4, -0.2) is 33.4 Å². The van der Waals surface area contributed by atoms with Crippen LogP contribution < -0.4 is 5.73 Å². The zero-order valence-corrected chi connectivity index (χ0v) is 6.92. The summed E-state index contributed by atoms with van der Waals surface area (Å²) in [4.78, 5) is 6.33. The van der Waals surface area contributed by atoms with E-state index < -0.39 is 0 Å². The van der Waals surface area contributed by atoms with Crippen LogP contribution in [0.2, 0.25) is 0 Å². The second-order valence-corrected chi connectivity index (χ2v) is 3.41. The highest BCUT2D eigenvalue weighted by Crippen LogP contribution is 2.08. The first-order valence-corrected chi connectivity index (χ1v) is 4.41. The van der Waals surface area contributed by atoms with E-state index in [4.69, 9.17) is 5.73 Å².